The Morgan fingerprint density at radius 3 is 3.00 bits per heavy atom. The number of hydrazine groups is 1. The van der Waals surface area contributed by atoms with Crippen LogP contribution in [0.5, 0.6) is 5.75 Å². The molecule has 7 heteroatoms. The van der Waals surface area contributed by atoms with Gasteiger partial charge >= 0.3 is 0 Å². The van der Waals surface area contributed by atoms with E-state index in [2.05, 4.69) is 26.5 Å². The molecule has 5 nitrogen and oxygen atoms in total. The molecule has 0 saturated heterocycles. The van der Waals surface area contributed by atoms with Crippen molar-refractivity contribution in [1.29, 1.82) is 0 Å². The van der Waals surface area contributed by atoms with E-state index < -0.39 is 0 Å². The lowest BCUT2D eigenvalue weighted by Gasteiger charge is -2.16. The molecule has 0 amide bonds. The van der Waals surface area contributed by atoms with Crippen molar-refractivity contribution >= 4 is 27.3 Å². The van der Waals surface area contributed by atoms with Crippen molar-refractivity contribution in [3.05, 3.63) is 32.7 Å². The minimum Gasteiger partial charge on any atom is -0.496 e. The van der Waals surface area contributed by atoms with Crippen LogP contribution in [-0.2, 0) is 6.54 Å². The molecular formula is C11H15BrN4OS. The van der Waals surface area contributed by atoms with Crippen LogP contribution in [0, 0.1) is 0 Å². The molecule has 0 aliphatic heterocycles. The summed E-state index contributed by atoms with van der Waals surface area (Å²) in [5, 5.41) is 6.26. The van der Waals surface area contributed by atoms with Gasteiger partial charge in [-0.25, -0.2) is 5.43 Å². The summed E-state index contributed by atoms with van der Waals surface area (Å²) in [6.07, 6.45) is 1.79. The van der Waals surface area contributed by atoms with Gasteiger partial charge in [0.25, 0.3) is 0 Å². The molecule has 2 aromatic heterocycles. The van der Waals surface area contributed by atoms with E-state index in [1.807, 2.05) is 23.1 Å². The zero-order valence-corrected chi connectivity index (χ0v) is 12.6. The number of hydrogen-bond donors (Lipinski definition) is 2. The van der Waals surface area contributed by atoms with Gasteiger partial charge in [-0.15, -0.1) is 11.3 Å². The number of aryl methyl sites for hydroxylation is 1. The summed E-state index contributed by atoms with van der Waals surface area (Å²) in [4.78, 5) is 1.09. The summed E-state index contributed by atoms with van der Waals surface area (Å²) >= 11 is 5.12. The normalized spacial score (nSPS) is 12.7. The molecule has 1 atom stereocenters. The number of hydrogen-bond acceptors (Lipinski definition) is 5. The molecule has 3 N–H and O–H groups in total. The first-order chi connectivity index (χ1) is 8.71. The quantitative estimate of drug-likeness (QED) is 0.652. The van der Waals surface area contributed by atoms with Crippen LogP contribution in [0.15, 0.2) is 22.1 Å². The summed E-state index contributed by atoms with van der Waals surface area (Å²) in [6.45, 7) is 2.84. The van der Waals surface area contributed by atoms with Crippen molar-refractivity contribution in [3.8, 4) is 5.75 Å². The molecule has 2 aromatic rings. The minimum absolute atomic E-state index is 0.101. The Labute approximate surface area is 118 Å². The summed E-state index contributed by atoms with van der Waals surface area (Å²) in [5.41, 5.74) is 3.86. The molecule has 2 rings (SSSR count). The molecule has 1 unspecified atom stereocenters. The van der Waals surface area contributed by atoms with E-state index in [9.17, 15) is 0 Å². The largest absolute Gasteiger partial charge is 0.496 e. The average Bonchev–Trinajstić information content (AvgIpc) is 2.99. The van der Waals surface area contributed by atoms with Crippen LogP contribution in [0.1, 0.15) is 23.5 Å². The summed E-state index contributed by atoms with van der Waals surface area (Å²) in [6, 6.07) is 1.88. The van der Waals surface area contributed by atoms with E-state index in [1.165, 1.54) is 0 Å². The number of ether oxygens (including phenoxy) is 1. The number of halogens is 1. The Morgan fingerprint density at radius 2 is 2.44 bits per heavy atom. The molecule has 0 spiro atoms. The van der Waals surface area contributed by atoms with Crippen LogP contribution in [0.4, 0.5) is 0 Å². The number of methoxy groups -OCH3 is 1. The predicted molar refractivity (Wildman–Crippen MR) is 75.6 cm³/mol. The van der Waals surface area contributed by atoms with Crippen molar-refractivity contribution < 1.29 is 4.74 Å². The van der Waals surface area contributed by atoms with Crippen molar-refractivity contribution in [2.24, 2.45) is 5.84 Å². The molecule has 98 valence electrons. The number of rotatable bonds is 5. The van der Waals surface area contributed by atoms with E-state index >= 15 is 0 Å². The number of nitrogens with two attached hydrogens (primary N) is 1. The SMILES string of the molecule is CCn1ncc(Br)c1C(NN)c1cc(OC)cs1. The van der Waals surface area contributed by atoms with Crippen LogP contribution in [0.3, 0.4) is 0 Å². The Morgan fingerprint density at radius 1 is 1.67 bits per heavy atom. The van der Waals surface area contributed by atoms with Gasteiger partial charge in [0.2, 0.25) is 0 Å². The Kier molecular flexibility index (Phi) is 4.39. The summed E-state index contributed by atoms with van der Waals surface area (Å²) in [7, 11) is 1.66. The smallest absolute Gasteiger partial charge is 0.129 e. The van der Waals surface area contributed by atoms with Crippen LogP contribution >= 0.6 is 27.3 Å². The van der Waals surface area contributed by atoms with Gasteiger partial charge in [-0.05, 0) is 28.9 Å². The second-order valence-corrected chi connectivity index (χ2v) is 5.48. The van der Waals surface area contributed by atoms with Crippen LogP contribution < -0.4 is 16.0 Å². The Bertz CT molecular complexity index is 525. The van der Waals surface area contributed by atoms with E-state index in [-0.39, 0.29) is 6.04 Å². The molecule has 0 aliphatic rings. The third-order valence-electron chi connectivity index (χ3n) is 2.69. The molecular weight excluding hydrogens is 316 g/mol. The molecule has 0 fully saturated rings. The zero-order valence-electron chi connectivity index (χ0n) is 10.2. The van der Waals surface area contributed by atoms with Crippen molar-refractivity contribution in [1.82, 2.24) is 15.2 Å². The van der Waals surface area contributed by atoms with E-state index in [0.717, 1.165) is 27.3 Å². The van der Waals surface area contributed by atoms with Gasteiger partial charge in [0, 0.05) is 16.8 Å². The fourth-order valence-corrected chi connectivity index (χ4v) is 3.24. The summed E-state index contributed by atoms with van der Waals surface area (Å²) < 4.78 is 8.06. The minimum atomic E-state index is -0.101. The summed E-state index contributed by atoms with van der Waals surface area (Å²) in [5.74, 6) is 6.53. The maximum atomic E-state index is 5.69. The first-order valence-corrected chi connectivity index (χ1v) is 7.18. The third-order valence-corrected chi connectivity index (χ3v) is 4.28. The van der Waals surface area contributed by atoms with E-state index in [1.54, 1.807) is 24.6 Å². The first-order valence-electron chi connectivity index (χ1n) is 5.51. The molecule has 0 aromatic carbocycles. The fourth-order valence-electron chi connectivity index (χ4n) is 1.80. The number of aromatic nitrogens is 2. The van der Waals surface area contributed by atoms with Gasteiger partial charge in [0.05, 0.1) is 29.5 Å². The lowest BCUT2D eigenvalue weighted by Crippen LogP contribution is -2.30. The lowest BCUT2D eigenvalue weighted by atomic mass is 10.2. The van der Waals surface area contributed by atoms with Crippen LogP contribution in [-0.4, -0.2) is 16.9 Å². The predicted octanol–water partition coefficient (Wildman–Crippen LogP) is 2.29. The van der Waals surface area contributed by atoms with Crippen molar-refractivity contribution in [2.45, 2.75) is 19.5 Å². The number of nitrogens with zero attached hydrogens (tertiary/aromatic N) is 2. The highest BCUT2D eigenvalue weighted by Crippen LogP contribution is 2.33. The van der Waals surface area contributed by atoms with Crippen LogP contribution in [0.2, 0.25) is 0 Å². The molecule has 0 aliphatic carbocycles. The average molecular weight is 331 g/mol. The van der Waals surface area contributed by atoms with Gasteiger partial charge in [-0.2, -0.15) is 5.10 Å². The molecule has 2 heterocycles. The second-order valence-electron chi connectivity index (χ2n) is 3.68. The Balaban J connectivity index is 2.41. The number of nitrogens with one attached hydrogen (secondary N) is 1. The Hall–Kier alpha value is -0.890. The molecule has 18 heavy (non-hydrogen) atoms. The standard InChI is InChI=1S/C11H15BrN4OS/c1-3-16-11(8(12)5-14-16)10(15-13)9-4-7(17-2)6-18-9/h4-6,10,15H,3,13H2,1-2H3. The monoisotopic (exact) mass is 330 g/mol. The van der Waals surface area contributed by atoms with Gasteiger partial charge in [-0.3, -0.25) is 10.5 Å². The van der Waals surface area contributed by atoms with Gasteiger partial charge in [0.1, 0.15) is 5.75 Å². The van der Waals surface area contributed by atoms with Gasteiger partial charge in [0.15, 0.2) is 0 Å². The van der Waals surface area contributed by atoms with Crippen molar-refractivity contribution in [2.75, 3.05) is 7.11 Å². The number of thiophene rings is 1. The lowest BCUT2D eigenvalue weighted by molar-refractivity contribution is 0.416. The molecule has 0 bridgehead atoms. The highest BCUT2D eigenvalue weighted by molar-refractivity contribution is 9.10. The second kappa shape index (κ2) is 5.83. The highest BCUT2D eigenvalue weighted by atomic mass is 79.9. The maximum Gasteiger partial charge on any atom is 0.129 e. The van der Waals surface area contributed by atoms with Gasteiger partial charge in [-0.1, -0.05) is 0 Å². The maximum absolute atomic E-state index is 5.69. The van der Waals surface area contributed by atoms with E-state index in [0.29, 0.717) is 0 Å². The highest BCUT2D eigenvalue weighted by Gasteiger charge is 2.22. The molecule has 0 saturated carbocycles. The third kappa shape index (κ3) is 2.44. The fraction of sp³-hybridized carbons (Fsp3) is 0.364. The first kappa shape index (κ1) is 13.5. The van der Waals surface area contributed by atoms with Crippen LogP contribution in [0.25, 0.3) is 0 Å². The zero-order chi connectivity index (χ0) is 13.1. The van der Waals surface area contributed by atoms with Gasteiger partial charge < -0.3 is 4.74 Å². The molecule has 0 radical (unpaired) electrons. The van der Waals surface area contributed by atoms with E-state index in [4.69, 9.17) is 10.6 Å². The van der Waals surface area contributed by atoms with Crippen molar-refractivity contribution in [3.63, 3.8) is 0 Å². The topological polar surface area (TPSA) is 65.1 Å².